The third kappa shape index (κ3) is 2.88. The summed E-state index contributed by atoms with van der Waals surface area (Å²) in [5, 5.41) is 0. The molecular formula is C9H20N4. The molecular weight excluding hydrogens is 164 g/mol. The van der Waals surface area contributed by atoms with E-state index in [4.69, 9.17) is 11.6 Å². The average molecular weight is 184 g/mol. The first kappa shape index (κ1) is 10.3. The predicted molar refractivity (Wildman–Crippen MR) is 54.9 cm³/mol. The number of aliphatic imine (C=N–C) groups is 1. The molecule has 1 aliphatic carbocycles. The van der Waals surface area contributed by atoms with E-state index in [1.54, 1.807) is 0 Å². The Balaban J connectivity index is 2.46. The minimum Gasteiger partial charge on any atom is -0.369 e. The molecule has 3 unspecified atom stereocenters. The molecule has 4 nitrogen and oxygen atoms in total. The monoisotopic (exact) mass is 184 g/mol. The Kier molecular flexibility index (Phi) is 3.54. The van der Waals surface area contributed by atoms with Crippen molar-refractivity contribution in [3.63, 3.8) is 0 Å². The Morgan fingerprint density at radius 3 is 2.54 bits per heavy atom. The fourth-order valence-electron chi connectivity index (χ4n) is 1.87. The molecule has 13 heavy (non-hydrogen) atoms. The summed E-state index contributed by atoms with van der Waals surface area (Å²) in [5.74, 6) is 7.06. The van der Waals surface area contributed by atoms with Crippen molar-refractivity contribution >= 4 is 5.96 Å². The highest BCUT2D eigenvalue weighted by molar-refractivity contribution is 5.77. The van der Waals surface area contributed by atoms with Crippen LogP contribution in [0.2, 0.25) is 0 Å². The van der Waals surface area contributed by atoms with Crippen LogP contribution in [-0.2, 0) is 0 Å². The number of hydrogen-bond acceptors (Lipinski definition) is 2. The molecule has 5 N–H and O–H groups in total. The summed E-state index contributed by atoms with van der Waals surface area (Å²) in [7, 11) is 0. The van der Waals surface area contributed by atoms with Crippen LogP contribution in [0.25, 0.3) is 0 Å². The molecule has 76 valence electrons. The standard InChI is InChI=1S/C9H20N4/c1-6-3-4-8(5-7(6)2)12-9(10)13-11/h6-8H,3-5,11H2,1-2H3,(H3,10,12,13). The lowest BCUT2D eigenvalue weighted by atomic mass is 9.79. The first-order valence-electron chi connectivity index (χ1n) is 4.93. The van der Waals surface area contributed by atoms with Crippen molar-refractivity contribution in [1.29, 1.82) is 0 Å². The molecule has 1 rings (SSSR count). The van der Waals surface area contributed by atoms with Crippen molar-refractivity contribution in [2.24, 2.45) is 28.4 Å². The Labute approximate surface area is 79.7 Å². The molecule has 0 radical (unpaired) electrons. The largest absolute Gasteiger partial charge is 0.369 e. The summed E-state index contributed by atoms with van der Waals surface area (Å²) in [5.41, 5.74) is 7.86. The Bertz CT molecular complexity index is 190. The van der Waals surface area contributed by atoms with E-state index in [0.717, 1.165) is 24.7 Å². The van der Waals surface area contributed by atoms with Gasteiger partial charge >= 0.3 is 0 Å². The third-order valence-corrected chi connectivity index (χ3v) is 3.04. The van der Waals surface area contributed by atoms with E-state index in [0.29, 0.717) is 12.0 Å². The van der Waals surface area contributed by atoms with E-state index >= 15 is 0 Å². The Morgan fingerprint density at radius 2 is 2.00 bits per heavy atom. The second kappa shape index (κ2) is 4.46. The fraction of sp³-hybridized carbons (Fsp3) is 0.889. The SMILES string of the molecule is CC1CCC(N=C(N)NN)CC1C. The van der Waals surface area contributed by atoms with E-state index in [2.05, 4.69) is 24.3 Å². The molecule has 0 bridgehead atoms. The molecule has 0 saturated heterocycles. The number of hydrogen-bond donors (Lipinski definition) is 3. The summed E-state index contributed by atoms with van der Waals surface area (Å²) in [6, 6.07) is 0.363. The highest BCUT2D eigenvalue weighted by Crippen LogP contribution is 2.30. The van der Waals surface area contributed by atoms with Crippen molar-refractivity contribution in [3.8, 4) is 0 Å². The highest BCUT2D eigenvalue weighted by atomic mass is 15.3. The maximum Gasteiger partial charge on any atom is 0.203 e. The van der Waals surface area contributed by atoms with Crippen LogP contribution < -0.4 is 17.0 Å². The van der Waals surface area contributed by atoms with E-state index in [9.17, 15) is 0 Å². The van der Waals surface area contributed by atoms with Gasteiger partial charge in [0.05, 0.1) is 6.04 Å². The van der Waals surface area contributed by atoms with E-state index < -0.39 is 0 Å². The van der Waals surface area contributed by atoms with Gasteiger partial charge in [0.15, 0.2) is 0 Å². The third-order valence-electron chi connectivity index (χ3n) is 3.04. The van der Waals surface area contributed by atoms with Gasteiger partial charge in [-0.25, -0.2) is 10.8 Å². The number of nitrogens with zero attached hydrogens (tertiary/aromatic N) is 1. The maximum atomic E-state index is 5.50. The number of rotatable bonds is 1. The van der Waals surface area contributed by atoms with Crippen LogP contribution in [0.4, 0.5) is 0 Å². The van der Waals surface area contributed by atoms with Gasteiger partial charge in [-0.15, -0.1) is 0 Å². The van der Waals surface area contributed by atoms with E-state index in [1.165, 1.54) is 6.42 Å². The van der Waals surface area contributed by atoms with Crippen molar-refractivity contribution < 1.29 is 0 Å². The normalized spacial score (nSPS) is 35.9. The maximum absolute atomic E-state index is 5.50. The van der Waals surface area contributed by atoms with Crippen molar-refractivity contribution in [2.45, 2.75) is 39.2 Å². The summed E-state index contributed by atoms with van der Waals surface area (Å²) >= 11 is 0. The minimum absolute atomic E-state index is 0.353. The molecule has 1 aliphatic rings. The molecule has 0 heterocycles. The van der Waals surface area contributed by atoms with Gasteiger partial charge in [0.25, 0.3) is 0 Å². The van der Waals surface area contributed by atoms with Crippen molar-refractivity contribution in [3.05, 3.63) is 0 Å². The number of nitrogens with one attached hydrogen (secondary N) is 1. The van der Waals surface area contributed by atoms with Crippen LogP contribution in [-0.4, -0.2) is 12.0 Å². The smallest absolute Gasteiger partial charge is 0.203 e. The molecule has 0 aromatic heterocycles. The lowest BCUT2D eigenvalue weighted by Gasteiger charge is -2.29. The molecule has 0 aromatic rings. The van der Waals surface area contributed by atoms with Crippen molar-refractivity contribution in [2.75, 3.05) is 0 Å². The van der Waals surface area contributed by atoms with Gasteiger partial charge in [-0.3, -0.25) is 5.43 Å². The lowest BCUT2D eigenvalue weighted by molar-refractivity contribution is 0.252. The van der Waals surface area contributed by atoms with Crippen LogP contribution in [0.1, 0.15) is 33.1 Å². The quantitative estimate of drug-likeness (QED) is 0.241. The van der Waals surface area contributed by atoms with Crippen LogP contribution in [0, 0.1) is 11.8 Å². The van der Waals surface area contributed by atoms with Gasteiger partial charge in [0, 0.05) is 0 Å². The molecule has 0 aromatic carbocycles. The first-order chi connectivity index (χ1) is 6.13. The summed E-state index contributed by atoms with van der Waals surface area (Å²) in [4.78, 5) is 4.30. The fourth-order valence-corrected chi connectivity index (χ4v) is 1.87. The van der Waals surface area contributed by atoms with Crippen LogP contribution in [0.3, 0.4) is 0 Å². The zero-order chi connectivity index (χ0) is 9.84. The molecule has 4 heteroatoms. The second-order valence-electron chi connectivity index (χ2n) is 4.08. The van der Waals surface area contributed by atoms with Gasteiger partial charge in [-0.2, -0.15) is 0 Å². The number of guanidine groups is 1. The summed E-state index contributed by atoms with van der Waals surface area (Å²) < 4.78 is 0. The average Bonchev–Trinajstić information content (AvgIpc) is 2.11. The predicted octanol–water partition coefficient (Wildman–Crippen LogP) is 0.589. The van der Waals surface area contributed by atoms with Crippen molar-refractivity contribution in [1.82, 2.24) is 5.43 Å². The van der Waals surface area contributed by atoms with Crippen LogP contribution >= 0.6 is 0 Å². The Hall–Kier alpha value is -0.770. The summed E-state index contributed by atoms with van der Waals surface area (Å²) in [6.45, 7) is 4.58. The molecule has 1 fully saturated rings. The Morgan fingerprint density at radius 1 is 1.31 bits per heavy atom. The second-order valence-corrected chi connectivity index (χ2v) is 4.08. The molecule has 0 spiro atoms. The molecule has 0 aliphatic heterocycles. The highest BCUT2D eigenvalue weighted by Gasteiger charge is 2.24. The van der Waals surface area contributed by atoms with Gasteiger partial charge in [0.2, 0.25) is 5.96 Å². The minimum atomic E-state index is 0.353. The van der Waals surface area contributed by atoms with E-state index in [-0.39, 0.29) is 0 Å². The van der Waals surface area contributed by atoms with Gasteiger partial charge < -0.3 is 5.73 Å². The van der Waals surface area contributed by atoms with Crippen LogP contribution in [0.5, 0.6) is 0 Å². The lowest BCUT2D eigenvalue weighted by Crippen LogP contribution is -2.38. The van der Waals surface area contributed by atoms with Gasteiger partial charge in [0.1, 0.15) is 0 Å². The summed E-state index contributed by atoms with van der Waals surface area (Å²) in [6.07, 6.45) is 3.50. The van der Waals surface area contributed by atoms with Crippen LogP contribution in [0.15, 0.2) is 4.99 Å². The van der Waals surface area contributed by atoms with Gasteiger partial charge in [-0.1, -0.05) is 13.8 Å². The number of hydrazine groups is 1. The molecule has 0 amide bonds. The number of nitrogens with two attached hydrogens (primary N) is 2. The molecule has 3 atom stereocenters. The zero-order valence-corrected chi connectivity index (χ0v) is 8.46. The van der Waals surface area contributed by atoms with E-state index in [1.807, 2.05) is 0 Å². The topological polar surface area (TPSA) is 76.4 Å². The zero-order valence-electron chi connectivity index (χ0n) is 8.46. The first-order valence-corrected chi connectivity index (χ1v) is 4.93. The van der Waals surface area contributed by atoms with Gasteiger partial charge in [-0.05, 0) is 31.1 Å². The molecule has 1 saturated carbocycles.